The summed E-state index contributed by atoms with van der Waals surface area (Å²) in [6.45, 7) is 7.08. The maximum absolute atomic E-state index is 13.8. The molecule has 212 valence electrons. The minimum absolute atomic E-state index is 0.175. The Balaban J connectivity index is 1.21. The number of ether oxygens (including phenoxy) is 1. The first-order valence-corrected chi connectivity index (χ1v) is 14.9. The van der Waals surface area contributed by atoms with Gasteiger partial charge in [0, 0.05) is 81.4 Å². The van der Waals surface area contributed by atoms with Crippen LogP contribution in [0.2, 0.25) is 0 Å². The van der Waals surface area contributed by atoms with Gasteiger partial charge in [0.1, 0.15) is 5.75 Å². The van der Waals surface area contributed by atoms with Crippen LogP contribution in [-0.4, -0.2) is 83.9 Å². The zero-order valence-corrected chi connectivity index (χ0v) is 23.3. The number of carbonyl (C=O) groups is 2. The number of rotatable bonds is 4. The average Bonchev–Trinajstić information content (AvgIpc) is 3.39. The second kappa shape index (κ2) is 12.4. The van der Waals surface area contributed by atoms with Crippen molar-refractivity contribution in [1.82, 2.24) is 25.0 Å². The molecule has 40 heavy (non-hydrogen) atoms. The van der Waals surface area contributed by atoms with E-state index in [0.717, 1.165) is 75.4 Å². The van der Waals surface area contributed by atoms with E-state index in [1.54, 1.807) is 0 Å². The molecule has 2 saturated heterocycles. The maximum Gasteiger partial charge on any atom is 0.236 e. The molecule has 2 fully saturated rings. The fourth-order valence-corrected chi connectivity index (χ4v) is 6.68. The van der Waals surface area contributed by atoms with Gasteiger partial charge in [0.05, 0.1) is 13.2 Å². The molecule has 0 radical (unpaired) electrons. The lowest BCUT2D eigenvalue weighted by Crippen LogP contribution is -2.50. The number of piperidine rings is 1. The van der Waals surface area contributed by atoms with Gasteiger partial charge in [0.25, 0.3) is 0 Å². The maximum atomic E-state index is 13.8. The van der Waals surface area contributed by atoms with E-state index in [9.17, 15) is 9.59 Å². The zero-order chi connectivity index (χ0) is 27.3. The number of nitrogens with zero attached hydrogens (tertiary/aromatic N) is 3. The Morgan fingerprint density at radius 2 is 1.80 bits per heavy atom. The van der Waals surface area contributed by atoms with Crippen LogP contribution in [0.15, 0.2) is 54.7 Å². The highest BCUT2D eigenvalue weighted by molar-refractivity contribution is 5.83. The molecule has 3 aromatic rings. The normalized spacial score (nSPS) is 23.1. The van der Waals surface area contributed by atoms with E-state index in [1.807, 2.05) is 29.2 Å². The second-order valence-electron chi connectivity index (χ2n) is 11.6. The molecule has 8 heteroatoms. The standard InChI is InChI=1S/C32H41N5O3/c38-31(36-15-12-33-13-16-36)18-24-11-14-37-22-25(24)7-5-17-40-30-10-4-1-6-26(30)20-35(23-32(37)39)21-27-19-34-29-9-3-2-8-28(27)29/h1-4,6,8-10,19,24-25,33-34H,5,7,11-18,20-23H2/t24-,25-/m0/s1. The molecule has 3 aliphatic rings. The lowest BCUT2D eigenvalue weighted by Gasteiger charge is -2.40. The predicted octanol–water partition coefficient (Wildman–Crippen LogP) is 3.63. The molecular formula is C32H41N5O3. The van der Waals surface area contributed by atoms with Gasteiger partial charge < -0.3 is 24.8 Å². The number of H-pyrrole nitrogens is 1. The van der Waals surface area contributed by atoms with Gasteiger partial charge in [0.2, 0.25) is 11.8 Å². The molecule has 0 aliphatic carbocycles. The first-order valence-electron chi connectivity index (χ1n) is 14.9. The van der Waals surface area contributed by atoms with Gasteiger partial charge in [0.15, 0.2) is 0 Å². The van der Waals surface area contributed by atoms with E-state index in [4.69, 9.17) is 4.74 Å². The number of hydrogen-bond acceptors (Lipinski definition) is 5. The van der Waals surface area contributed by atoms with Crippen LogP contribution in [0, 0.1) is 11.8 Å². The summed E-state index contributed by atoms with van der Waals surface area (Å²) in [7, 11) is 0. The molecule has 2 N–H and O–H groups in total. The lowest BCUT2D eigenvalue weighted by molar-refractivity contribution is -0.137. The van der Waals surface area contributed by atoms with Gasteiger partial charge in [-0.1, -0.05) is 36.4 Å². The first-order chi connectivity index (χ1) is 19.6. The minimum Gasteiger partial charge on any atom is -0.493 e. The van der Waals surface area contributed by atoms with Crippen LogP contribution < -0.4 is 10.1 Å². The topological polar surface area (TPSA) is 80.9 Å². The molecule has 6 rings (SSSR count). The number of carbonyl (C=O) groups excluding carboxylic acids is 2. The van der Waals surface area contributed by atoms with Gasteiger partial charge in [-0.2, -0.15) is 0 Å². The fraction of sp³-hybridized carbons (Fsp3) is 0.500. The molecule has 2 aromatic carbocycles. The van der Waals surface area contributed by atoms with Crippen molar-refractivity contribution in [1.29, 1.82) is 0 Å². The summed E-state index contributed by atoms with van der Waals surface area (Å²) in [6, 6.07) is 16.5. The monoisotopic (exact) mass is 543 g/mol. The number of para-hydroxylation sites is 2. The van der Waals surface area contributed by atoms with Crippen LogP contribution in [0.25, 0.3) is 10.9 Å². The number of amides is 2. The van der Waals surface area contributed by atoms with E-state index in [2.05, 4.69) is 50.6 Å². The van der Waals surface area contributed by atoms with Crippen molar-refractivity contribution < 1.29 is 14.3 Å². The number of piperazine rings is 1. The third-order valence-electron chi connectivity index (χ3n) is 8.92. The molecule has 2 atom stereocenters. The number of hydrogen-bond donors (Lipinski definition) is 2. The number of aromatic nitrogens is 1. The van der Waals surface area contributed by atoms with Crippen LogP contribution in [0.5, 0.6) is 5.75 Å². The molecule has 0 unspecified atom stereocenters. The summed E-state index contributed by atoms with van der Waals surface area (Å²) in [5.41, 5.74) is 3.40. The third-order valence-corrected chi connectivity index (χ3v) is 8.92. The van der Waals surface area contributed by atoms with Crippen molar-refractivity contribution in [2.45, 2.75) is 38.8 Å². The lowest BCUT2D eigenvalue weighted by atomic mass is 9.80. The predicted molar refractivity (Wildman–Crippen MR) is 156 cm³/mol. The highest BCUT2D eigenvalue weighted by Crippen LogP contribution is 2.32. The van der Waals surface area contributed by atoms with Crippen molar-refractivity contribution >= 4 is 22.7 Å². The minimum atomic E-state index is 0.175. The average molecular weight is 544 g/mol. The Kier molecular flexibility index (Phi) is 8.35. The molecule has 8 nitrogen and oxygen atoms in total. The summed E-state index contributed by atoms with van der Waals surface area (Å²) in [4.78, 5) is 36.6. The smallest absolute Gasteiger partial charge is 0.236 e. The number of fused-ring (bicyclic) bond motifs is 4. The number of benzene rings is 2. The summed E-state index contributed by atoms with van der Waals surface area (Å²) in [5, 5.41) is 4.52. The molecular weight excluding hydrogens is 502 g/mol. The summed E-state index contributed by atoms with van der Waals surface area (Å²) < 4.78 is 6.32. The Morgan fingerprint density at radius 1 is 0.975 bits per heavy atom. The van der Waals surface area contributed by atoms with E-state index in [1.165, 1.54) is 10.9 Å². The first kappa shape index (κ1) is 26.8. The van der Waals surface area contributed by atoms with E-state index >= 15 is 0 Å². The number of nitrogens with one attached hydrogen (secondary N) is 2. The van der Waals surface area contributed by atoms with E-state index in [-0.39, 0.29) is 11.8 Å². The van der Waals surface area contributed by atoms with Gasteiger partial charge >= 0.3 is 0 Å². The molecule has 3 aliphatic heterocycles. The molecule has 0 saturated carbocycles. The van der Waals surface area contributed by atoms with Crippen molar-refractivity contribution in [3.8, 4) is 5.75 Å². The fourth-order valence-electron chi connectivity index (χ4n) is 6.68. The molecule has 1 aromatic heterocycles. The quantitative estimate of drug-likeness (QED) is 0.526. The zero-order valence-electron chi connectivity index (χ0n) is 23.3. The Morgan fingerprint density at radius 3 is 2.70 bits per heavy atom. The molecule has 0 spiro atoms. The van der Waals surface area contributed by atoms with Crippen LogP contribution in [0.4, 0.5) is 0 Å². The van der Waals surface area contributed by atoms with Crippen LogP contribution in [0.3, 0.4) is 0 Å². The van der Waals surface area contributed by atoms with Crippen molar-refractivity contribution in [3.05, 3.63) is 65.9 Å². The largest absolute Gasteiger partial charge is 0.493 e. The Labute approximate surface area is 236 Å². The molecule has 2 bridgehead atoms. The highest BCUT2D eigenvalue weighted by Gasteiger charge is 2.34. The van der Waals surface area contributed by atoms with E-state index in [0.29, 0.717) is 44.5 Å². The van der Waals surface area contributed by atoms with Crippen LogP contribution in [-0.2, 0) is 22.7 Å². The highest BCUT2D eigenvalue weighted by atomic mass is 16.5. The van der Waals surface area contributed by atoms with Gasteiger partial charge in [-0.05, 0) is 48.8 Å². The summed E-state index contributed by atoms with van der Waals surface area (Å²) in [6.07, 6.45) is 5.42. The van der Waals surface area contributed by atoms with Gasteiger partial charge in [-0.25, -0.2) is 0 Å². The Bertz CT molecular complexity index is 1320. The van der Waals surface area contributed by atoms with Crippen LogP contribution >= 0.6 is 0 Å². The molecule has 4 heterocycles. The van der Waals surface area contributed by atoms with Crippen LogP contribution in [0.1, 0.15) is 36.8 Å². The van der Waals surface area contributed by atoms with Crippen molar-refractivity contribution in [2.24, 2.45) is 11.8 Å². The summed E-state index contributed by atoms with van der Waals surface area (Å²) >= 11 is 0. The Hall–Kier alpha value is -3.36. The van der Waals surface area contributed by atoms with Gasteiger partial charge in [-0.15, -0.1) is 0 Å². The number of aromatic amines is 1. The van der Waals surface area contributed by atoms with Crippen molar-refractivity contribution in [2.75, 3.05) is 52.4 Å². The third kappa shape index (κ3) is 6.18. The SMILES string of the molecule is O=C(C[C@@H]1CCN2C[C@@H]1CCCOc1ccccc1CN(Cc1c[nH]c3ccccc13)CC2=O)N1CCNCC1. The second-order valence-corrected chi connectivity index (χ2v) is 11.6. The van der Waals surface area contributed by atoms with Crippen molar-refractivity contribution in [3.63, 3.8) is 0 Å². The summed E-state index contributed by atoms with van der Waals surface area (Å²) in [5.74, 6) is 1.96. The van der Waals surface area contributed by atoms with Gasteiger partial charge in [-0.3, -0.25) is 14.5 Å². The molecule has 2 amide bonds. The van der Waals surface area contributed by atoms with E-state index < -0.39 is 0 Å².